The number of benzene rings is 4. The highest BCUT2D eigenvalue weighted by Crippen LogP contribution is 2.32. The van der Waals surface area contributed by atoms with E-state index in [9.17, 15) is 4.79 Å². The zero-order chi connectivity index (χ0) is 24.2. The minimum absolute atomic E-state index is 0.301. The summed E-state index contributed by atoms with van der Waals surface area (Å²) in [7, 11) is 0. The maximum absolute atomic E-state index is 13.7. The van der Waals surface area contributed by atoms with Gasteiger partial charge < -0.3 is 4.74 Å². The van der Waals surface area contributed by atoms with Crippen molar-refractivity contribution >= 4 is 54.7 Å². The van der Waals surface area contributed by atoms with E-state index in [2.05, 4.69) is 26.0 Å². The fraction of sp³-hybridized carbons (Fsp3) is 0.0357. The molecule has 1 heterocycles. The van der Waals surface area contributed by atoms with Gasteiger partial charge in [0.15, 0.2) is 0 Å². The summed E-state index contributed by atoms with van der Waals surface area (Å²) in [5.41, 5.74) is 3.29. The number of thiazole rings is 1. The summed E-state index contributed by atoms with van der Waals surface area (Å²) in [5, 5.41) is 6.39. The molecule has 5 aromatic rings. The van der Waals surface area contributed by atoms with Crippen LogP contribution in [0.25, 0.3) is 10.2 Å². The van der Waals surface area contributed by atoms with Gasteiger partial charge >= 0.3 is 0 Å². The minimum Gasteiger partial charge on any atom is -0.457 e. The Bertz CT molecular complexity index is 1510. The van der Waals surface area contributed by atoms with Gasteiger partial charge in [0, 0.05) is 10.0 Å². The molecule has 1 aromatic heterocycles. The smallest absolute Gasteiger partial charge is 0.280 e. The van der Waals surface area contributed by atoms with Crippen molar-refractivity contribution in [2.45, 2.75) is 6.92 Å². The number of halogens is 1. The van der Waals surface area contributed by atoms with E-state index in [1.807, 2.05) is 85.8 Å². The number of anilines is 1. The molecule has 0 N–H and O–H groups in total. The fourth-order valence-corrected chi connectivity index (χ4v) is 4.86. The molecule has 0 saturated heterocycles. The Hall–Kier alpha value is -3.81. The zero-order valence-electron chi connectivity index (χ0n) is 18.8. The number of nitrogens with zero attached hydrogens (tertiary/aromatic N) is 3. The van der Waals surface area contributed by atoms with Crippen molar-refractivity contribution in [3.05, 3.63) is 118 Å². The lowest BCUT2D eigenvalue weighted by Gasteiger charge is -2.14. The van der Waals surface area contributed by atoms with Gasteiger partial charge in [-0.1, -0.05) is 81.4 Å². The Morgan fingerprint density at radius 3 is 2.51 bits per heavy atom. The van der Waals surface area contributed by atoms with Crippen LogP contribution in [0.2, 0.25) is 0 Å². The number of hydrogen-bond acceptors (Lipinski definition) is 5. The molecule has 4 aromatic carbocycles. The number of fused-ring (bicyclic) bond motifs is 1. The molecule has 5 rings (SSSR count). The minimum atomic E-state index is -0.301. The van der Waals surface area contributed by atoms with Crippen LogP contribution in [0.1, 0.15) is 21.5 Å². The molecule has 1 amide bonds. The van der Waals surface area contributed by atoms with Crippen LogP contribution in [-0.2, 0) is 0 Å². The number of rotatable bonds is 6. The highest BCUT2D eigenvalue weighted by Gasteiger charge is 2.22. The lowest BCUT2D eigenvalue weighted by Crippen LogP contribution is -2.25. The molecule has 0 unspecified atom stereocenters. The van der Waals surface area contributed by atoms with Crippen molar-refractivity contribution in [3.8, 4) is 11.5 Å². The van der Waals surface area contributed by atoms with Crippen molar-refractivity contribution in [2.24, 2.45) is 5.10 Å². The van der Waals surface area contributed by atoms with E-state index in [0.29, 0.717) is 22.2 Å². The summed E-state index contributed by atoms with van der Waals surface area (Å²) in [4.78, 5) is 18.4. The number of carbonyl (C=O) groups is 1. The van der Waals surface area contributed by atoms with Crippen molar-refractivity contribution < 1.29 is 9.53 Å². The van der Waals surface area contributed by atoms with Crippen molar-refractivity contribution in [1.29, 1.82) is 0 Å². The van der Waals surface area contributed by atoms with Gasteiger partial charge in [0.25, 0.3) is 5.91 Å². The van der Waals surface area contributed by atoms with Crippen molar-refractivity contribution in [3.63, 3.8) is 0 Å². The van der Waals surface area contributed by atoms with E-state index in [0.717, 1.165) is 25.8 Å². The molecule has 0 bridgehead atoms. The molecule has 0 radical (unpaired) electrons. The second kappa shape index (κ2) is 10.2. The summed E-state index contributed by atoms with van der Waals surface area (Å²) in [6.45, 7) is 2.03. The first kappa shape index (κ1) is 23.0. The van der Waals surface area contributed by atoms with Gasteiger partial charge in [-0.25, -0.2) is 4.98 Å². The van der Waals surface area contributed by atoms with Crippen LogP contribution in [-0.4, -0.2) is 17.1 Å². The molecule has 5 nitrogen and oxygen atoms in total. The van der Waals surface area contributed by atoms with Crippen LogP contribution < -0.4 is 9.75 Å². The highest BCUT2D eigenvalue weighted by molar-refractivity contribution is 9.10. The van der Waals surface area contributed by atoms with E-state index in [1.165, 1.54) is 16.3 Å². The van der Waals surface area contributed by atoms with Crippen LogP contribution in [0.5, 0.6) is 11.5 Å². The van der Waals surface area contributed by atoms with Gasteiger partial charge in [-0.3, -0.25) is 4.79 Å². The van der Waals surface area contributed by atoms with Gasteiger partial charge in [-0.15, -0.1) is 0 Å². The van der Waals surface area contributed by atoms with Gasteiger partial charge in [0.05, 0.1) is 16.4 Å². The molecule has 172 valence electrons. The highest BCUT2D eigenvalue weighted by atomic mass is 79.9. The molecule has 0 fully saturated rings. The second-order valence-electron chi connectivity index (χ2n) is 7.82. The molecule has 7 heteroatoms. The number of aromatic nitrogens is 1. The first-order valence-corrected chi connectivity index (χ1v) is 12.5. The van der Waals surface area contributed by atoms with Gasteiger partial charge in [0.1, 0.15) is 11.5 Å². The van der Waals surface area contributed by atoms with Gasteiger partial charge in [-0.2, -0.15) is 10.1 Å². The molecular weight excluding hydrogens is 522 g/mol. The van der Waals surface area contributed by atoms with Crippen molar-refractivity contribution in [2.75, 3.05) is 5.01 Å². The largest absolute Gasteiger partial charge is 0.457 e. The topological polar surface area (TPSA) is 54.8 Å². The second-order valence-corrected chi connectivity index (χ2v) is 9.75. The van der Waals surface area contributed by atoms with Crippen LogP contribution in [0.15, 0.2) is 107 Å². The average molecular weight is 542 g/mol. The quantitative estimate of drug-likeness (QED) is 0.162. The van der Waals surface area contributed by atoms with Crippen molar-refractivity contribution in [1.82, 2.24) is 4.98 Å². The Morgan fingerprint density at radius 2 is 1.71 bits per heavy atom. The van der Waals surface area contributed by atoms with Crippen LogP contribution in [0.3, 0.4) is 0 Å². The Morgan fingerprint density at radius 1 is 0.943 bits per heavy atom. The number of amides is 1. The third-order valence-electron chi connectivity index (χ3n) is 5.17. The van der Waals surface area contributed by atoms with E-state index in [4.69, 9.17) is 4.74 Å². The molecule has 0 aliphatic rings. The van der Waals surface area contributed by atoms with E-state index >= 15 is 0 Å². The average Bonchev–Trinajstić information content (AvgIpc) is 3.29. The summed E-state index contributed by atoms with van der Waals surface area (Å²) >= 11 is 4.91. The third-order valence-corrected chi connectivity index (χ3v) is 6.66. The standard InChI is InChI=1S/C28H20BrN3O2S/c1-19-10-12-20(13-11-19)18-30-32(28-31-25-15-14-22(29)17-26(25)35-28)27(33)21-6-5-9-24(16-21)34-23-7-3-2-4-8-23/h2-18H,1H3/b30-18+. The predicted octanol–water partition coefficient (Wildman–Crippen LogP) is 7.84. The Kier molecular flexibility index (Phi) is 6.70. The molecular formula is C28H20BrN3O2S. The SMILES string of the molecule is Cc1ccc(/C=N/N(C(=O)c2cccc(Oc3ccccc3)c2)c2nc3ccc(Br)cc3s2)cc1. The summed E-state index contributed by atoms with van der Waals surface area (Å²) < 4.78 is 7.84. The van der Waals surface area contributed by atoms with E-state index < -0.39 is 0 Å². The lowest BCUT2D eigenvalue weighted by atomic mass is 10.2. The molecule has 0 saturated carbocycles. The summed E-state index contributed by atoms with van der Waals surface area (Å²) in [6.07, 6.45) is 1.67. The number of hydrazone groups is 1. The number of ether oxygens (including phenoxy) is 1. The number of para-hydroxylation sites is 1. The Labute approximate surface area is 215 Å². The normalized spacial score (nSPS) is 11.1. The molecule has 0 aliphatic heterocycles. The zero-order valence-corrected chi connectivity index (χ0v) is 21.2. The predicted molar refractivity (Wildman–Crippen MR) is 146 cm³/mol. The third kappa shape index (κ3) is 5.48. The van der Waals surface area contributed by atoms with E-state index in [1.54, 1.807) is 24.4 Å². The monoisotopic (exact) mass is 541 g/mol. The maximum atomic E-state index is 13.7. The summed E-state index contributed by atoms with van der Waals surface area (Å²) in [6, 6.07) is 30.3. The molecule has 0 atom stereocenters. The Balaban J connectivity index is 1.50. The molecule has 35 heavy (non-hydrogen) atoms. The van der Waals surface area contributed by atoms with Crippen LogP contribution in [0, 0.1) is 6.92 Å². The summed E-state index contributed by atoms with van der Waals surface area (Å²) in [5.74, 6) is 0.964. The molecule has 0 aliphatic carbocycles. The van der Waals surface area contributed by atoms with E-state index in [-0.39, 0.29) is 5.91 Å². The first-order valence-electron chi connectivity index (χ1n) is 10.9. The number of aryl methyl sites for hydroxylation is 1. The number of carbonyl (C=O) groups excluding carboxylic acids is 1. The fourth-order valence-electron chi connectivity index (χ4n) is 3.38. The lowest BCUT2D eigenvalue weighted by molar-refractivity contribution is 0.0987. The first-order chi connectivity index (χ1) is 17.0. The van der Waals surface area contributed by atoms with Crippen LogP contribution in [0.4, 0.5) is 5.13 Å². The van der Waals surface area contributed by atoms with Crippen LogP contribution >= 0.6 is 27.3 Å². The van der Waals surface area contributed by atoms with Gasteiger partial charge in [0.2, 0.25) is 5.13 Å². The number of hydrogen-bond donors (Lipinski definition) is 0. The molecule has 0 spiro atoms. The van der Waals surface area contributed by atoms with Gasteiger partial charge in [-0.05, 0) is 61.0 Å². The maximum Gasteiger partial charge on any atom is 0.280 e.